The van der Waals surface area contributed by atoms with Crippen LogP contribution in [0.25, 0.3) is 0 Å². The zero-order valence-electron chi connectivity index (χ0n) is 7.30. The highest BCUT2D eigenvalue weighted by atomic mass is 32.2. The van der Waals surface area contributed by atoms with Gasteiger partial charge in [0.25, 0.3) is 0 Å². The lowest BCUT2D eigenvalue weighted by Crippen LogP contribution is -2.11. The molecule has 0 spiro atoms. The zero-order chi connectivity index (χ0) is 9.68. The second kappa shape index (κ2) is 4.80. The van der Waals surface area contributed by atoms with Crippen molar-refractivity contribution in [3.63, 3.8) is 0 Å². The molecule has 0 aliphatic rings. The van der Waals surface area contributed by atoms with Crippen molar-refractivity contribution in [2.24, 2.45) is 12.8 Å². The molecule has 1 rings (SSSR count). The van der Waals surface area contributed by atoms with Crippen LogP contribution in [0.2, 0.25) is 0 Å². The molecule has 1 aromatic rings. The Bertz CT molecular complexity index is 286. The molecule has 0 unspecified atom stereocenters. The van der Waals surface area contributed by atoms with E-state index in [1.165, 1.54) is 0 Å². The van der Waals surface area contributed by atoms with Gasteiger partial charge >= 0.3 is 0 Å². The highest BCUT2D eigenvalue weighted by molar-refractivity contribution is 7.98. The molecule has 6 nitrogen and oxygen atoms in total. The van der Waals surface area contributed by atoms with Gasteiger partial charge in [0.15, 0.2) is 5.82 Å². The lowest BCUT2D eigenvalue weighted by Gasteiger charge is -1.97. The fourth-order valence-corrected chi connectivity index (χ4v) is 1.62. The van der Waals surface area contributed by atoms with Crippen molar-refractivity contribution in [3.8, 4) is 0 Å². The summed E-state index contributed by atoms with van der Waals surface area (Å²) in [5.41, 5.74) is 4.98. The van der Waals surface area contributed by atoms with Crippen LogP contribution < -0.4 is 5.73 Å². The van der Waals surface area contributed by atoms with Crippen LogP contribution in [-0.4, -0.2) is 31.9 Å². The van der Waals surface area contributed by atoms with Gasteiger partial charge in [0.1, 0.15) is 0 Å². The van der Waals surface area contributed by atoms with Gasteiger partial charge in [-0.3, -0.25) is 4.79 Å². The number of hydrogen-bond donors (Lipinski definition) is 1. The minimum atomic E-state index is -0.274. The number of nitrogens with zero attached hydrogens (tertiary/aromatic N) is 4. The van der Waals surface area contributed by atoms with Crippen LogP contribution in [0.3, 0.4) is 0 Å². The van der Waals surface area contributed by atoms with Crippen molar-refractivity contribution < 1.29 is 4.79 Å². The summed E-state index contributed by atoms with van der Waals surface area (Å²) < 4.78 is 1.61. The molecule has 0 aromatic carbocycles. The second-order valence-corrected chi connectivity index (χ2v) is 3.59. The molecule has 1 heterocycles. The zero-order valence-corrected chi connectivity index (χ0v) is 8.12. The summed E-state index contributed by atoms with van der Waals surface area (Å²) in [6, 6.07) is 0. The number of rotatable bonds is 5. The Kier molecular flexibility index (Phi) is 3.69. The fourth-order valence-electron chi connectivity index (χ4n) is 0.706. The van der Waals surface area contributed by atoms with Crippen molar-refractivity contribution in [3.05, 3.63) is 5.82 Å². The Morgan fingerprint density at radius 1 is 1.69 bits per heavy atom. The van der Waals surface area contributed by atoms with E-state index >= 15 is 0 Å². The Labute approximate surface area is 79.9 Å². The van der Waals surface area contributed by atoms with E-state index in [0.717, 1.165) is 5.82 Å². The fraction of sp³-hybridized carbons (Fsp3) is 0.667. The molecule has 0 aliphatic carbocycles. The van der Waals surface area contributed by atoms with Gasteiger partial charge in [0, 0.05) is 19.2 Å². The molecule has 0 fully saturated rings. The van der Waals surface area contributed by atoms with E-state index in [0.29, 0.717) is 17.9 Å². The predicted molar refractivity (Wildman–Crippen MR) is 48.8 cm³/mol. The van der Waals surface area contributed by atoms with Crippen LogP contribution in [-0.2, 0) is 17.6 Å². The minimum absolute atomic E-state index is 0.274. The van der Waals surface area contributed by atoms with Crippen LogP contribution in [0.4, 0.5) is 0 Å². The van der Waals surface area contributed by atoms with Crippen molar-refractivity contribution >= 4 is 17.7 Å². The van der Waals surface area contributed by atoms with E-state index in [1.807, 2.05) is 0 Å². The summed E-state index contributed by atoms with van der Waals surface area (Å²) in [7, 11) is 1.78. The lowest BCUT2D eigenvalue weighted by molar-refractivity contribution is -0.117. The highest BCUT2D eigenvalue weighted by Crippen LogP contribution is 2.08. The summed E-state index contributed by atoms with van der Waals surface area (Å²) in [5.74, 6) is 1.94. The molecule has 2 N–H and O–H groups in total. The average Bonchev–Trinajstić information content (AvgIpc) is 2.45. The minimum Gasteiger partial charge on any atom is -0.370 e. The maximum absolute atomic E-state index is 10.4. The number of tetrazole rings is 1. The summed E-state index contributed by atoms with van der Waals surface area (Å²) in [6.07, 6.45) is 0.399. The van der Waals surface area contributed by atoms with E-state index in [-0.39, 0.29) is 5.91 Å². The molecular formula is C6H11N5OS. The maximum atomic E-state index is 10.4. The molecule has 0 saturated carbocycles. The van der Waals surface area contributed by atoms with E-state index in [2.05, 4.69) is 15.5 Å². The predicted octanol–water partition coefficient (Wildman–Crippen LogP) is -0.681. The molecule has 7 heteroatoms. The van der Waals surface area contributed by atoms with E-state index in [4.69, 9.17) is 5.73 Å². The molecule has 13 heavy (non-hydrogen) atoms. The number of aromatic nitrogens is 4. The molecule has 0 saturated heterocycles. The first-order chi connectivity index (χ1) is 6.20. The van der Waals surface area contributed by atoms with Gasteiger partial charge in [-0.15, -0.1) is 5.10 Å². The van der Waals surface area contributed by atoms with Gasteiger partial charge in [0.2, 0.25) is 5.91 Å². The maximum Gasteiger partial charge on any atom is 0.218 e. The van der Waals surface area contributed by atoms with Gasteiger partial charge in [-0.25, -0.2) is 4.68 Å². The highest BCUT2D eigenvalue weighted by Gasteiger charge is 2.02. The smallest absolute Gasteiger partial charge is 0.218 e. The van der Waals surface area contributed by atoms with Gasteiger partial charge in [-0.2, -0.15) is 11.8 Å². The third-order valence-electron chi connectivity index (χ3n) is 1.43. The SMILES string of the molecule is Cn1nnnc1CSCCC(N)=O. The third-order valence-corrected chi connectivity index (χ3v) is 2.39. The number of thioether (sulfide) groups is 1. The first kappa shape index (κ1) is 9.97. The molecule has 0 bridgehead atoms. The van der Waals surface area contributed by atoms with Crippen LogP contribution in [0.5, 0.6) is 0 Å². The van der Waals surface area contributed by atoms with Crippen molar-refractivity contribution in [2.45, 2.75) is 12.2 Å². The Hall–Kier alpha value is -1.11. The number of carbonyl (C=O) groups is 1. The topological polar surface area (TPSA) is 86.7 Å². The normalized spacial score (nSPS) is 10.2. The Balaban J connectivity index is 2.20. The summed E-state index contributed by atoms with van der Waals surface area (Å²) in [4.78, 5) is 10.4. The van der Waals surface area contributed by atoms with E-state index in [1.54, 1.807) is 23.5 Å². The lowest BCUT2D eigenvalue weighted by atomic mass is 10.5. The molecule has 0 atom stereocenters. The Morgan fingerprint density at radius 2 is 2.46 bits per heavy atom. The molecule has 0 radical (unpaired) electrons. The third kappa shape index (κ3) is 3.41. The van der Waals surface area contributed by atoms with Crippen LogP contribution >= 0.6 is 11.8 Å². The summed E-state index contributed by atoms with van der Waals surface area (Å²) >= 11 is 1.59. The number of nitrogens with two attached hydrogens (primary N) is 1. The number of hydrogen-bond acceptors (Lipinski definition) is 5. The van der Waals surface area contributed by atoms with Gasteiger partial charge in [0.05, 0.1) is 5.75 Å². The molecule has 1 amide bonds. The van der Waals surface area contributed by atoms with Crippen molar-refractivity contribution in [1.29, 1.82) is 0 Å². The van der Waals surface area contributed by atoms with Crippen LogP contribution in [0, 0.1) is 0 Å². The standard InChI is InChI=1S/C6H11N5OS/c1-11-6(8-9-10-11)4-13-3-2-5(7)12/h2-4H2,1H3,(H2,7,12). The van der Waals surface area contributed by atoms with Crippen LogP contribution in [0.1, 0.15) is 12.2 Å². The number of carbonyl (C=O) groups excluding carboxylic acids is 1. The summed E-state index contributed by atoms with van der Waals surface area (Å²) in [5, 5.41) is 11.0. The Morgan fingerprint density at radius 3 is 3.00 bits per heavy atom. The van der Waals surface area contributed by atoms with Crippen molar-refractivity contribution in [1.82, 2.24) is 20.2 Å². The van der Waals surface area contributed by atoms with Crippen LogP contribution in [0.15, 0.2) is 0 Å². The first-order valence-corrected chi connectivity index (χ1v) is 4.93. The van der Waals surface area contributed by atoms with E-state index < -0.39 is 0 Å². The average molecular weight is 201 g/mol. The number of amides is 1. The monoisotopic (exact) mass is 201 g/mol. The summed E-state index contributed by atoms with van der Waals surface area (Å²) in [6.45, 7) is 0. The molecule has 72 valence electrons. The van der Waals surface area contributed by atoms with Crippen molar-refractivity contribution in [2.75, 3.05) is 5.75 Å². The second-order valence-electron chi connectivity index (χ2n) is 2.49. The van der Waals surface area contributed by atoms with Gasteiger partial charge < -0.3 is 5.73 Å². The first-order valence-electron chi connectivity index (χ1n) is 3.77. The van der Waals surface area contributed by atoms with E-state index in [9.17, 15) is 4.79 Å². The van der Waals surface area contributed by atoms with Gasteiger partial charge in [-0.1, -0.05) is 0 Å². The van der Waals surface area contributed by atoms with Gasteiger partial charge in [-0.05, 0) is 10.4 Å². The molecular weight excluding hydrogens is 190 g/mol. The quantitative estimate of drug-likeness (QED) is 0.638. The molecule has 1 aromatic heterocycles. The molecule has 0 aliphatic heterocycles. The number of aryl methyl sites for hydroxylation is 1. The largest absolute Gasteiger partial charge is 0.370 e. The number of primary amides is 1.